The van der Waals surface area contributed by atoms with Crippen LogP contribution in [0.15, 0.2) is 21.2 Å². The minimum absolute atomic E-state index is 0.340. The molecule has 19 heavy (non-hydrogen) atoms. The second-order valence-corrected chi connectivity index (χ2v) is 6.72. The molecule has 0 spiro atoms. The Bertz CT molecular complexity index is 378. The molecule has 1 N–H and O–H groups in total. The first kappa shape index (κ1) is 17.1. The molecule has 0 aliphatic carbocycles. The first-order valence-electron chi connectivity index (χ1n) is 7.16. The van der Waals surface area contributed by atoms with E-state index in [1.165, 1.54) is 12.8 Å². The summed E-state index contributed by atoms with van der Waals surface area (Å²) in [4.78, 5) is 4.60. The quantitative estimate of drug-likeness (QED) is 0.635. The SMILES string of the molecule is CCCNC(CC(CC)CC)c1ncc(Br)cc1Br. The first-order chi connectivity index (χ1) is 9.12. The van der Waals surface area contributed by atoms with E-state index >= 15 is 0 Å². The normalized spacial score (nSPS) is 12.9. The van der Waals surface area contributed by atoms with Gasteiger partial charge in [-0.1, -0.05) is 33.6 Å². The van der Waals surface area contributed by atoms with Crippen molar-refractivity contribution in [3.63, 3.8) is 0 Å². The maximum atomic E-state index is 4.60. The van der Waals surface area contributed by atoms with Crippen LogP contribution in [0.25, 0.3) is 0 Å². The summed E-state index contributed by atoms with van der Waals surface area (Å²) in [5.74, 6) is 0.756. The number of hydrogen-bond donors (Lipinski definition) is 1. The zero-order valence-electron chi connectivity index (χ0n) is 12.0. The third kappa shape index (κ3) is 5.52. The Hall–Kier alpha value is 0.0700. The standard InChI is InChI=1S/C15H24Br2N2/c1-4-7-18-14(8-11(5-2)6-3)15-13(17)9-12(16)10-19-15/h9-11,14,18H,4-8H2,1-3H3. The molecular formula is C15H24Br2N2. The molecule has 0 fully saturated rings. The average molecular weight is 392 g/mol. The van der Waals surface area contributed by atoms with Crippen molar-refractivity contribution >= 4 is 31.9 Å². The highest BCUT2D eigenvalue weighted by Gasteiger charge is 2.19. The molecule has 0 amide bonds. The van der Waals surface area contributed by atoms with Crippen LogP contribution in [0, 0.1) is 5.92 Å². The van der Waals surface area contributed by atoms with E-state index in [0.29, 0.717) is 6.04 Å². The second-order valence-electron chi connectivity index (χ2n) is 4.95. The van der Waals surface area contributed by atoms with Crippen LogP contribution >= 0.6 is 31.9 Å². The van der Waals surface area contributed by atoms with E-state index in [0.717, 1.165) is 39.9 Å². The summed E-state index contributed by atoms with van der Waals surface area (Å²) >= 11 is 7.10. The lowest BCUT2D eigenvalue weighted by Crippen LogP contribution is -2.25. The Morgan fingerprint density at radius 1 is 1.21 bits per heavy atom. The number of hydrogen-bond acceptors (Lipinski definition) is 2. The molecule has 0 aromatic carbocycles. The maximum absolute atomic E-state index is 4.60. The van der Waals surface area contributed by atoms with Gasteiger partial charge in [0.25, 0.3) is 0 Å². The van der Waals surface area contributed by atoms with E-state index in [1.807, 2.05) is 6.20 Å². The van der Waals surface area contributed by atoms with Crippen molar-refractivity contribution in [2.75, 3.05) is 6.54 Å². The Labute approximate surface area is 134 Å². The number of rotatable bonds is 8. The molecule has 1 aromatic rings. The van der Waals surface area contributed by atoms with Gasteiger partial charge in [0.2, 0.25) is 0 Å². The fourth-order valence-electron chi connectivity index (χ4n) is 2.25. The van der Waals surface area contributed by atoms with Gasteiger partial charge in [0.15, 0.2) is 0 Å². The minimum Gasteiger partial charge on any atom is -0.309 e. The highest BCUT2D eigenvalue weighted by molar-refractivity contribution is 9.11. The van der Waals surface area contributed by atoms with Gasteiger partial charge in [-0.15, -0.1) is 0 Å². The van der Waals surface area contributed by atoms with E-state index < -0.39 is 0 Å². The summed E-state index contributed by atoms with van der Waals surface area (Å²) in [7, 11) is 0. The second kappa shape index (κ2) is 9.09. The van der Waals surface area contributed by atoms with Crippen molar-refractivity contribution in [2.24, 2.45) is 5.92 Å². The summed E-state index contributed by atoms with van der Waals surface area (Å²) in [5, 5.41) is 3.64. The van der Waals surface area contributed by atoms with Crippen molar-refractivity contribution in [1.82, 2.24) is 10.3 Å². The van der Waals surface area contributed by atoms with Crippen molar-refractivity contribution in [2.45, 2.75) is 52.5 Å². The van der Waals surface area contributed by atoms with E-state index in [9.17, 15) is 0 Å². The maximum Gasteiger partial charge on any atom is 0.0715 e. The van der Waals surface area contributed by atoms with Gasteiger partial charge in [-0.3, -0.25) is 4.98 Å². The molecule has 2 nitrogen and oxygen atoms in total. The Balaban J connectivity index is 2.88. The van der Waals surface area contributed by atoms with Crippen LogP contribution in [-0.2, 0) is 0 Å². The van der Waals surface area contributed by atoms with Crippen molar-refractivity contribution in [1.29, 1.82) is 0 Å². The zero-order chi connectivity index (χ0) is 14.3. The molecule has 0 radical (unpaired) electrons. The fourth-order valence-corrected chi connectivity index (χ4v) is 3.51. The molecule has 108 valence electrons. The molecule has 0 saturated carbocycles. The van der Waals surface area contributed by atoms with Crippen LogP contribution in [0.4, 0.5) is 0 Å². The van der Waals surface area contributed by atoms with E-state index in [1.54, 1.807) is 0 Å². The molecule has 1 unspecified atom stereocenters. The van der Waals surface area contributed by atoms with Crippen LogP contribution in [-0.4, -0.2) is 11.5 Å². The lowest BCUT2D eigenvalue weighted by Gasteiger charge is -2.23. The van der Waals surface area contributed by atoms with Crippen LogP contribution in [0.3, 0.4) is 0 Å². The molecule has 1 heterocycles. The average Bonchev–Trinajstić information content (AvgIpc) is 2.40. The molecule has 0 aliphatic heterocycles. The number of aromatic nitrogens is 1. The Morgan fingerprint density at radius 2 is 1.89 bits per heavy atom. The fraction of sp³-hybridized carbons (Fsp3) is 0.667. The van der Waals surface area contributed by atoms with Crippen LogP contribution in [0.5, 0.6) is 0 Å². The molecular weight excluding hydrogens is 368 g/mol. The molecule has 4 heteroatoms. The highest BCUT2D eigenvalue weighted by atomic mass is 79.9. The van der Waals surface area contributed by atoms with Crippen molar-refractivity contribution in [3.8, 4) is 0 Å². The van der Waals surface area contributed by atoms with Crippen LogP contribution in [0.1, 0.15) is 58.2 Å². The Morgan fingerprint density at radius 3 is 2.42 bits per heavy atom. The lowest BCUT2D eigenvalue weighted by molar-refractivity contribution is 0.366. The molecule has 1 atom stereocenters. The summed E-state index contributed by atoms with van der Waals surface area (Å²) < 4.78 is 2.10. The topological polar surface area (TPSA) is 24.9 Å². The third-order valence-corrected chi connectivity index (χ3v) is 4.60. The lowest BCUT2D eigenvalue weighted by atomic mass is 9.93. The number of halogens is 2. The third-order valence-electron chi connectivity index (χ3n) is 3.53. The smallest absolute Gasteiger partial charge is 0.0715 e. The van der Waals surface area contributed by atoms with Gasteiger partial charge >= 0.3 is 0 Å². The Kier molecular flexibility index (Phi) is 8.19. The molecule has 1 rings (SSSR count). The number of nitrogens with zero attached hydrogens (tertiary/aromatic N) is 1. The van der Waals surface area contributed by atoms with Gasteiger partial charge in [0, 0.05) is 15.1 Å². The van der Waals surface area contributed by atoms with Gasteiger partial charge in [-0.05, 0) is 63.2 Å². The highest BCUT2D eigenvalue weighted by Crippen LogP contribution is 2.30. The van der Waals surface area contributed by atoms with Gasteiger partial charge in [-0.25, -0.2) is 0 Å². The molecule has 0 bridgehead atoms. The number of pyridine rings is 1. The van der Waals surface area contributed by atoms with E-state index in [-0.39, 0.29) is 0 Å². The number of nitrogens with one attached hydrogen (secondary N) is 1. The predicted octanol–water partition coefficient (Wildman–Crippen LogP) is 5.47. The summed E-state index contributed by atoms with van der Waals surface area (Å²) in [5.41, 5.74) is 1.13. The summed E-state index contributed by atoms with van der Waals surface area (Å²) in [6.07, 6.45) is 6.64. The minimum atomic E-state index is 0.340. The van der Waals surface area contributed by atoms with Crippen LogP contribution in [0.2, 0.25) is 0 Å². The molecule has 1 aromatic heterocycles. The predicted molar refractivity (Wildman–Crippen MR) is 89.4 cm³/mol. The molecule has 0 aliphatic rings. The molecule has 0 saturated heterocycles. The van der Waals surface area contributed by atoms with E-state index in [2.05, 4.69) is 69.0 Å². The zero-order valence-corrected chi connectivity index (χ0v) is 15.2. The first-order valence-corrected chi connectivity index (χ1v) is 8.75. The van der Waals surface area contributed by atoms with Gasteiger partial charge in [0.1, 0.15) is 0 Å². The summed E-state index contributed by atoms with van der Waals surface area (Å²) in [6.45, 7) is 7.78. The van der Waals surface area contributed by atoms with Gasteiger partial charge in [-0.2, -0.15) is 0 Å². The largest absolute Gasteiger partial charge is 0.309 e. The monoisotopic (exact) mass is 390 g/mol. The van der Waals surface area contributed by atoms with Crippen LogP contribution < -0.4 is 5.32 Å². The summed E-state index contributed by atoms with van der Waals surface area (Å²) in [6, 6.07) is 2.42. The van der Waals surface area contributed by atoms with Gasteiger partial charge in [0.05, 0.1) is 11.7 Å². The van der Waals surface area contributed by atoms with Crippen molar-refractivity contribution in [3.05, 3.63) is 26.9 Å². The van der Waals surface area contributed by atoms with Crippen molar-refractivity contribution < 1.29 is 0 Å². The van der Waals surface area contributed by atoms with E-state index in [4.69, 9.17) is 0 Å². The van der Waals surface area contributed by atoms with Gasteiger partial charge < -0.3 is 5.32 Å².